The van der Waals surface area contributed by atoms with E-state index in [4.69, 9.17) is 13.9 Å². The Bertz CT molecular complexity index is 1460. The third-order valence-corrected chi connectivity index (χ3v) is 21.6. The fraction of sp³-hybridized carbons (Fsp3) is 0.785. The summed E-state index contributed by atoms with van der Waals surface area (Å²) in [7, 11) is -2.54. The van der Waals surface area contributed by atoms with E-state index in [1.54, 1.807) is 0 Å². The molecule has 0 aliphatic heterocycles. The standard InChI is InChI=1S/C65H111NO5Si/c1-65(2,3)72(61-48-34-24-35-49-61,62-50-36-25-37-51-62)71-55-41-38-52-66-60(46-32-26-39-53-69-63(67)56-58-42-28-20-16-12-8-4-5-9-13-17-21-29-43-58)47-33-27-40-54-70-64(68)57-59-44-30-22-18-14-10-6-7-11-15-19-23-31-45-59/h24-25,34-37,48-51,58-60,66H,4-23,26-33,38-47,52-57H2,1-3H3. The quantitative estimate of drug-likeness (QED) is 0.0607. The maximum atomic E-state index is 13.1. The van der Waals surface area contributed by atoms with Crippen LogP contribution >= 0.6 is 0 Å². The van der Waals surface area contributed by atoms with E-state index in [0.717, 1.165) is 77.4 Å². The zero-order valence-electron chi connectivity index (χ0n) is 47.2. The highest BCUT2D eigenvalue weighted by atomic mass is 28.4. The topological polar surface area (TPSA) is 73.9 Å². The van der Waals surface area contributed by atoms with Gasteiger partial charge in [-0.2, -0.15) is 0 Å². The highest BCUT2D eigenvalue weighted by Crippen LogP contribution is 2.37. The van der Waals surface area contributed by atoms with Crippen molar-refractivity contribution in [1.82, 2.24) is 5.32 Å². The van der Waals surface area contributed by atoms with Gasteiger partial charge >= 0.3 is 11.9 Å². The molecule has 2 aromatic rings. The van der Waals surface area contributed by atoms with Crippen molar-refractivity contribution in [2.24, 2.45) is 11.8 Å². The monoisotopic (exact) mass is 1010 g/mol. The summed E-state index contributed by atoms with van der Waals surface area (Å²) in [6, 6.07) is 22.4. The van der Waals surface area contributed by atoms with Gasteiger partial charge in [0, 0.05) is 25.5 Å². The molecule has 410 valence electrons. The Morgan fingerprint density at radius 2 is 0.792 bits per heavy atom. The third kappa shape index (κ3) is 27.3. The molecule has 0 spiro atoms. The van der Waals surface area contributed by atoms with Crippen LogP contribution in [-0.4, -0.2) is 52.7 Å². The molecule has 2 aromatic carbocycles. The maximum absolute atomic E-state index is 13.1. The number of nitrogens with one attached hydrogen (secondary N) is 1. The van der Waals surface area contributed by atoms with Crippen molar-refractivity contribution < 1.29 is 23.5 Å². The van der Waals surface area contributed by atoms with E-state index in [0.29, 0.717) is 43.9 Å². The van der Waals surface area contributed by atoms with Crippen LogP contribution < -0.4 is 15.7 Å². The van der Waals surface area contributed by atoms with Gasteiger partial charge in [-0.25, -0.2) is 0 Å². The number of rotatable bonds is 25. The molecular formula is C65H111NO5Si. The first-order valence-electron chi connectivity index (χ1n) is 31.1. The van der Waals surface area contributed by atoms with Crippen LogP contribution in [0, 0.1) is 11.8 Å². The number of carbonyl (C=O) groups is 2. The van der Waals surface area contributed by atoms with E-state index in [1.165, 1.54) is 190 Å². The van der Waals surface area contributed by atoms with Gasteiger partial charge in [-0.05, 0) is 98.0 Å². The second-order valence-electron chi connectivity index (χ2n) is 23.8. The number of hydrogen-bond donors (Lipinski definition) is 1. The predicted octanol–water partition coefficient (Wildman–Crippen LogP) is 17.5. The molecule has 0 aromatic heterocycles. The van der Waals surface area contributed by atoms with E-state index in [9.17, 15) is 9.59 Å². The molecule has 2 saturated carbocycles. The van der Waals surface area contributed by atoms with Crippen molar-refractivity contribution in [2.45, 2.75) is 289 Å². The first-order chi connectivity index (χ1) is 35.3. The minimum absolute atomic E-state index is 0.0218. The largest absolute Gasteiger partial charge is 0.466 e. The Morgan fingerprint density at radius 3 is 1.14 bits per heavy atom. The summed E-state index contributed by atoms with van der Waals surface area (Å²) < 4.78 is 19.0. The molecule has 1 N–H and O–H groups in total. The average molecular weight is 1010 g/mol. The lowest BCUT2D eigenvalue weighted by Gasteiger charge is -2.43. The maximum Gasteiger partial charge on any atom is 0.306 e. The van der Waals surface area contributed by atoms with Crippen LogP contribution in [0.25, 0.3) is 0 Å². The minimum atomic E-state index is -2.54. The van der Waals surface area contributed by atoms with Crippen LogP contribution in [0.5, 0.6) is 0 Å². The lowest BCUT2D eigenvalue weighted by Crippen LogP contribution is -2.66. The molecule has 2 aliphatic rings. The Labute approximate surface area is 445 Å². The molecule has 2 aliphatic carbocycles. The Morgan fingerprint density at radius 1 is 0.458 bits per heavy atom. The molecule has 0 bridgehead atoms. The lowest BCUT2D eigenvalue weighted by molar-refractivity contribution is -0.146. The first-order valence-corrected chi connectivity index (χ1v) is 33.0. The van der Waals surface area contributed by atoms with E-state index >= 15 is 0 Å². The summed E-state index contributed by atoms with van der Waals surface area (Å²) in [5.74, 6) is 1.03. The van der Waals surface area contributed by atoms with Gasteiger partial charge in [0.25, 0.3) is 8.32 Å². The average Bonchev–Trinajstić information content (AvgIpc) is 3.39. The molecule has 2 fully saturated rings. The van der Waals surface area contributed by atoms with Crippen LogP contribution in [0.3, 0.4) is 0 Å². The van der Waals surface area contributed by atoms with Gasteiger partial charge in [0.05, 0.1) is 13.2 Å². The molecule has 0 unspecified atom stereocenters. The molecule has 6 nitrogen and oxygen atoms in total. The predicted molar refractivity (Wildman–Crippen MR) is 309 cm³/mol. The summed E-state index contributed by atoms with van der Waals surface area (Å²) >= 11 is 0. The second kappa shape index (κ2) is 39.9. The van der Waals surface area contributed by atoms with Gasteiger partial charge in [0.15, 0.2) is 0 Å². The number of unbranched alkanes of at least 4 members (excludes halogenated alkanes) is 5. The molecule has 0 atom stereocenters. The van der Waals surface area contributed by atoms with Crippen LogP contribution in [-0.2, 0) is 23.5 Å². The van der Waals surface area contributed by atoms with E-state index in [-0.39, 0.29) is 17.0 Å². The van der Waals surface area contributed by atoms with Crippen LogP contribution in [0.4, 0.5) is 0 Å². The van der Waals surface area contributed by atoms with Gasteiger partial charge in [-0.15, -0.1) is 0 Å². The highest BCUT2D eigenvalue weighted by molar-refractivity contribution is 6.99. The molecule has 0 amide bonds. The van der Waals surface area contributed by atoms with E-state index < -0.39 is 8.32 Å². The second-order valence-corrected chi connectivity index (χ2v) is 28.1. The lowest BCUT2D eigenvalue weighted by atomic mass is 9.91. The van der Waals surface area contributed by atoms with Gasteiger partial charge in [0.2, 0.25) is 0 Å². The van der Waals surface area contributed by atoms with Gasteiger partial charge in [-0.3, -0.25) is 9.59 Å². The van der Waals surface area contributed by atoms with E-state index in [1.807, 2.05) is 0 Å². The molecule has 0 radical (unpaired) electrons. The Hall–Kier alpha value is -2.48. The summed E-state index contributed by atoms with van der Waals surface area (Å²) in [4.78, 5) is 26.1. The molecule has 4 rings (SSSR count). The molecular weight excluding hydrogens is 903 g/mol. The number of esters is 2. The van der Waals surface area contributed by atoms with Crippen molar-refractivity contribution in [3.8, 4) is 0 Å². The zero-order chi connectivity index (χ0) is 51.1. The molecule has 72 heavy (non-hydrogen) atoms. The third-order valence-electron chi connectivity index (χ3n) is 16.5. The molecule has 0 saturated heterocycles. The fourth-order valence-corrected chi connectivity index (χ4v) is 16.7. The summed E-state index contributed by atoms with van der Waals surface area (Å²) in [5.41, 5.74) is 0. The number of benzene rings is 2. The Kier molecular flexibility index (Phi) is 34.4. The summed E-state index contributed by atoms with van der Waals surface area (Å²) in [5, 5.41) is 6.63. The summed E-state index contributed by atoms with van der Waals surface area (Å²) in [6.07, 6.45) is 49.1. The van der Waals surface area contributed by atoms with Crippen molar-refractivity contribution >= 4 is 30.6 Å². The van der Waals surface area contributed by atoms with Crippen LogP contribution in [0.1, 0.15) is 278 Å². The number of carbonyl (C=O) groups excluding carboxylic acids is 2. The van der Waals surface area contributed by atoms with Crippen molar-refractivity contribution in [1.29, 1.82) is 0 Å². The minimum Gasteiger partial charge on any atom is -0.466 e. The number of ether oxygens (including phenoxy) is 2. The number of hydrogen-bond acceptors (Lipinski definition) is 6. The molecule has 0 heterocycles. The fourth-order valence-electron chi connectivity index (χ4n) is 12.1. The summed E-state index contributed by atoms with van der Waals surface area (Å²) in [6.45, 7) is 9.90. The normalized spacial score (nSPS) is 18.1. The van der Waals surface area contributed by atoms with Gasteiger partial charge < -0.3 is 19.2 Å². The zero-order valence-corrected chi connectivity index (χ0v) is 48.2. The van der Waals surface area contributed by atoms with Crippen LogP contribution in [0.2, 0.25) is 5.04 Å². The Balaban J connectivity index is 1.21. The van der Waals surface area contributed by atoms with Crippen LogP contribution in [0.15, 0.2) is 60.7 Å². The smallest absolute Gasteiger partial charge is 0.306 e. The van der Waals surface area contributed by atoms with Gasteiger partial charge in [-0.1, -0.05) is 261 Å². The van der Waals surface area contributed by atoms with Crippen molar-refractivity contribution in [3.05, 3.63) is 60.7 Å². The SMILES string of the molecule is CC(C)(C)[Si](OCCCCNC(CCCCCOC(=O)CC1CCCCCCCCCCCCCC1)CCCCCOC(=O)CC1CCCCCCCCCCCCCC1)(c1ccccc1)c1ccccc1. The van der Waals surface area contributed by atoms with Crippen molar-refractivity contribution in [2.75, 3.05) is 26.4 Å². The highest BCUT2D eigenvalue weighted by Gasteiger charge is 2.50. The van der Waals surface area contributed by atoms with Gasteiger partial charge in [0.1, 0.15) is 0 Å². The first kappa shape index (κ1) is 62.1. The molecule has 7 heteroatoms. The van der Waals surface area contributed by atoms with E-state index in [2.05, 4.69) is 86.8 Å². The van der Waals surface area contributed by atoms with Crippen molar-refractivity contribution in [3.63, 3.8) is 0 Å².